The molecule has 0 radical (unpaired) electrons. The van der Waals surface area contributed by atoms with Crippen molar-refractivity contribution in [2.45, 2.75) is 52.0 Å². The molecule has 0 unspecified atom stereocenters. The first kappa shape index (κ1) is 25.6. The van der Waals surface area contributed by atoms with Crippen LogP contribution in [0.2, 0.25) is 0 Å². The van der Waals surface area contributed by atoms with Crippen LogP contribution in [-0.2, 0) is 22.7 Å². The molecular formula is C23H33FN6O4. The fraction of sp³-hybridized carbons (Fsp3) is 0.565. The van der Waals surface area contributed by atoms with Crippen molar-refractivity contribution >= 4 is 17.6 Å². The summed E-state index contributed by atoms with van der Waals surface area (Å²) in [6.07, 6.45) is 2.29. The summed E-state index contributed by atoms with van der Waals surface area (Å²) >= 11 is 0. The third kappa shape index (κ3) is 6.97. The van der Waals surface area contributed by atoms with Crippen molar-refractivity contribution in [3.8, 4) is 0 Å². The van der Waals surface area contributed by atoms with Gasteiger partial charge >= 0.3 is 6.03 Å². The summed E-state index contributed by atoms with van der Waals surface area (Å²) in [5.41, 5.74) is 1.01. The molecule has 34 heavy (non-hydrogen) atoms. The summed E-state index contributed by atoms with van der Waals surface area (Å²) in [4.78, 5) is 28.8. The van der Waals surface area contributed by atoms with Gasteiger partial charge in [0.2, 0.25) is 5.91 Å². The average molecular weight is 477 g/mol. The number of aromatic nitrogens is 3. The van der Waals surface area contributed by atoms with E-state index in [0.29, 0.717) is 37.3 Å². The zero-order chi connectivity index (χ0) is 24.7. The van der Waals surface area contributed by atoms with Crippen LogP contribution in [0.4, 0.5) is 14.9 Å². The first-order valence-corrected chi connectivity index (χ1v) is 11.5. The van der Waals surface area contributed by atoms with E-state index in [4.69, 9.17) is 4.74 Å². The number of rotatable bonds is 5. The Balaban J connectivity index is 1.75. The molecule has 0 spiro atoms. The zero-order valence-electron chi connectivity index (χ0n) is 19.9. The minimum Gasteiger partial charge on any atom is -0.394 e. The minimum atomic E-state index is -0.441. The SMILES string of the molecule is C[C@H]1CN([C@@H](C)CO)C(=O)CCCn2cc(nn2)CO[C@H]1CN(C)C(=O)Nc1cccc(F)c1. The van der Waals surface area contributed by atoms with Crippen LogP contribution in [-0.4, -0.2) is 80.7 Å². The van der Waals surface area contributed by atoms with Crippen molar-refractivity contribution in [3.05, 3.63) is 42.0 Å². The molecule has 1 aromatic carbocycles. The second-order valence-electron chi connectivity index (χ2n) is 8.80. The van der Waals surface area contributed by atoms with E-state index < -0.39 is 18.0 Å². The molecule has 3 amide bonds. The lowest BCUT2D eigenvalue weighted by atomic mass is 10.0. The molecular weight excluding hydrogens is 443 g/mol. The molecule has 186 valence electrons. The van der Waals surface area contributed by atoms with Crippen LogP contribution < -0.4 is 5.32 Å². The van der Waals surface area contributed by atoms with Gasteiger partial charge in [0.25, 0.3) is 0 Å². The van der Waals surface area contributed by atoms with Crippen molar-refractivity contribution in [1.29, 1.82) is 0 Å². The van der Waals surface area contributed by atoms with Gasteiger partial charge < -0.3 is 25.0 Å². The maximum absolute atomic E-state index is 13.5. The number of likely N-dealkylation sites (N-methyl/N-ethyl adjacent to an activating group) is 1. The second-order valence-corrected chi connectivity index (χ2v) is 8.80. The molecule has 10 nitrogen and oxygen atoms in total. The predicted molar refractivity (Wildman–Crippen MR) is 123 cm³/mol. The molecule has 3 atom stereocenters. The Hall–Kier alpha value is -3.05. The third-order valence-corrected chi connectivity index (χ3v) is 5.92. The number of nitrogens with one attached hydrogen (secondary N) is 1. The summed E-state index contributed by atoms with van der Waals surface area (Å²) in [6, 6.07) is 4.92. The molecule has 11 heteroatoms. The lowest BCUT2D eigenvalue weighted by molar-refractivity contribution is -0.136. The van der Waals surface area contributed by atoms with E-state index in [-0.39, 0.29) is 37.6 Å². The Labute approximate surface area is 198 Å². The molecule has 2 aromatic rings. The van der Waals surface area contributed by atoms with Crippen LogP contribution in [0.25, 0.3) is 0 Å². The lowest BCUT2D eigenvalue weighted by Gasteiger charge is -2.35. The largest absolute Gasteiger partial charge is 0.394 e. The number of ether oxygens (including phenoxy) is 1. The molecule has 1 aliphatic rings. The number of carbonyl (C=O) groups excluding carboxylic acids is 2. The summed E-state index contributed by atoms with van der Waals surface area (Å²) in [6.45, 7) is 4.97. The monoisotopic (exact) mass is 476 g/mol. The van der Waals surface area contributed by atoms with Gasteiger partial charge in [-0.05, 0) is 31.5 Å². The highest BCUT2D eigenvalue weighted by molar-refractivity contribution is 5.89. The van der Waals surface area contributed by atoms with E-state index in [2.05, 4.69) is 15.6 Å². The number of hydrogen-bond acceptors (Lipinski definition) is 6. The Morgan fingerprint density at radius 1 is 1.44 bits per heavy atom. The van der Waals surface area contributed by atoms with Crippen LogP contribution in [0.5, 0.6) is 0 Å². The minimum absolute atomic E-state index is 0.0519. The topological polar surface area (TPSA) is 113 Å². The Morgan fingerprint density at radius 2 is 2.24 bits per heavy atom. The Morgan fingerprint density at radius 3 is 2.97 bits per heavy atom. The Kier molecular flexibility index (Phi) is 8.94. The maximum atomic E-state index is 13.5. The third-order valence-electron chi connectivity index (χ3n) is 5.92. The molecule has 1 aliphatic heterocycles. The van der Waals surface area contributed by atoms with Gasteiger partial charge in [0.1, 0.15) is 11.5 Å². The summed E-state index contributed by atoms with van der Waals surface area (Å²) < 4.78 is 21.3. The highest BCUT2D eigenvalue weighted by Gasteiger charge is 2.28. The quantitative estimate of drug-likeness (QED) is 0.684. The van der Waals surface area contributed by atoms with E-state index in [1.54, 1.807) is 35.8 Å². The van der Waals surface area contributed by atoms with Gasteiger partial charge in [-0.3, -0.25) is 9.48 Å². The van der Waals surface area contributed by atoms with Crippen molar-refractivity contribution in [2.24, 2.45) is 5.92 Å². The van der Waals surface area contributed by atoms with Gasteiger partial charge in [-0.1, -0.05) is 18.2 Å². The number of anilines is 1. The smallest absolute Gasteiger partial charge is 0.321 e. The van der Waals surface area contributed by atoms with Crippen LogP contribution in [0.15, 0.2) is 30.5 Å². The van der Waals surface area contributed by atoms with E-state index >= 15 is 0 Å². The number of aliphatic hydroxyl groups excluding tert-OH is 1. The number of aliphatic hydroxyl groups is 1. The van der Waals surface area contributed by atoms with Gasteiger partial charge in [0, 0.05) is 44.7 Å². The zero-order valence-corrected chi connectivity index (χ0v) is 19.9. The average Bonchev–Trinajstić information content (AvgIpc) is 3.26. The molecule has 0 aliphatic carbocycles. The van der Waals surface area contributed by atoms with Crippen molar-refractivity contribution in [3.63, 3.8) is 0 Å². The number of urea groups is 1. The van der Waals surface area contributed by atoms with Gasteiger partial charge in [0.15, 0.2) is 0 Å². The van der Waals surface area contributed by atoms with E-state index in [0.717, 1.165) is 0 Å². The first-order chi connectivity index (χ1) is 16.3. The molecule has 2 N–H and O–H groups in total. The second kappa shape index (κ2) is 11.9. The number of halogens is 1. The summed E-state index contributed by atoms with van der Waals surface area (Å²) in [7, 11) is 1.63. The number of fused-ring (bicyclic) bond motifs is 2. The molecule has 1 aromatic heterocycles. The number of aryl methyl sites for hydroxylation is 1. The number of amides is 3. The maximum Gasteiger partial charge on any atom is 0.321 e. The molecule has 2 bridgehead atoms. The van der Waals surface area contributed by atoms with Gasteiger partial charge in [0.05, 0.1) is 31.6 Å². The van der Waals surface area contributed by atoms with Crippen molar-refractivity contribution in [2.75, 3.05) is 32.1 Å². The molecule has 0 saturated heterocycles. The van der Waals surface area contributed by atoms with Crippen molar-refractivity contribution in [1.82, 2.24) is 24.8 Å². The highest BCUT2D eigenvalue weighted by Crippen LogP contribution is 2.18. The van der Waals surface area contributed by atoms with Gasteiger partial charge in [-0.25, -0.2) is 9.18 Å². The number of hydrogen-bond donors (Lipinski definition) is 2. The van der Waals surface area contributed by atoms with Gasteiger partial charge in [-0.15, -0.1) is 5.10 Å². The fourth-order valence-electron chi connectivity index (χ4n) is 3.83. The number of benzene rings is 1. The number of nitrogens with zero attached hydrogens (tertiary/aromatic N) is 5. The molecule has 3 rings (SSSR count). The van der Waals surface area contributed by atoms with Gasteiger partial charge in [-0.2, -0.15) is 0 Å². The van der Waals surface area contributed by atoms with Crippen molar-refractivity contribution < 1.29 is 23.8 Å². The van der Waals surface area contributed by atoms with E-state index in [9.17, 15) is 19.1 Å². The molecule has 0 fully saturated rings. The van der Waals surface area contributed by atoms with Crippen LogP contribution >= 0.6 is 0 Å². The van der Waals surface area contributed by atoms with E-state index in [1.165, 1.54) is 23.1 Å². The summed E-state index contributed by atoms with van der Waals surface area (Å²) in [5.74, 6) is -0.648. The first-order valence-electron chi connectivity index (χ1n) is 11.5. The van der Waals surface area contributed by atoms with Crippen LogP contribution in [0.1, 0.15) is 32.4 Å². The van der Waals surface area contributed by atoms with E-state index in [1.807, 2.05) is 6.92 Å². The molecule has 2 heterocycles. The van der Waals surface area contributed by atoms with Crippen LogP contribution in [0, 0.1) is 11.7 Å². The summed E-state index contributed by atoms with van der Waals surface area (Å²) in [5, 5.41) is 20.6. The highest BCUT2D eigenvalue weighted by atomic mass is 19.1. The predicted octanol–water partition coefficient (Wildman–Crippen LogP) is 2.11. The standard InChI is InChI=1S/C23H33FN6O4/c1-16-11-30(17(2)14-31)22(32)8-5-9-29-12-20(26-27-29)15-34-21(16)13-28(3)23(33)25-19-7-4-6-18(24)10-19/h4,6-7,10,12,16-17,21,31H,5,8-9,11,13-15H2,1-3H3,(H,25,33)/t16-,17-,21-/m0/s1. The molecule has 0 saturated carbocycles. The normalized spacial score (nSPS) is 20.6. The number of carbonyl (C=O) groups is 2. The lowest BCUT2D eigenvalue weighted by Crippen LogP contribution is -2.48. The van der Waals surface area contributed by atoms with Crippen LogP contribution in [0.3, 0.4) is 0 Å². The Bertz CT molecular complexity index is 970. The fourth-order valence-corrected chi connectivity index (χ4v) is 3.83.